The second kappa shape index (κ2) is 3.40. The molecule has 1 aliphatic carbocycles. The van der Waals surface area contributed by atoms with Gasteiger partial charge in [-0.05, 0) is 31.0 Å². The lowest BCUT2D eigenvalue weighted by atomic mass is 10.2. The number of aromatic nitrogens is 3. The van der Waals surface area contributed by atoms with Crippen molar-refractivity contribution in [1.82, 2.24) is 15.0 Å². The first-order valence-electron chi connectivity index (χ1n) is 5.93. The maximum Gasteiger partial charge on any atom is 0.123 e. The third-order valence-corrected chi connectivity index (χ3v) is 4.36. The number of H-pyrrole nitrogens is 1. The second-order valence-corrected chi connectivity index (χ2v) is 5.69. The molecule has 1 aliphatic rings. The van der Waals surface area contributed by atoms with E-state index in [4.69, 9.17) is 5.73 Å². The number of benzene rings is 1. The van der Waals surface area contributed by atoms with E-state index in [9.17, 15) is 0 Å². The Morgan fingerprint density at radius 3 is 3.06 bits per heavy atom. The quantitative estimate of drug-likeness (QED) is 0.740. The standard InChI is InChI=1S/C13H12N4S/c14-13(3-4-13)11-6-18-12(17-11)8-1-2-9-10(5-8)16-7-15-9/h1-2,5-7H,3-4,14H2,(H,15,16). The highest BCUT2D eigenvalue weighted by Crippen LogP contribution is 2.43. The largest absolute Gasteiger partial charge is 0.345 e. The predicted molar refractivity (Wildman–Crippen MR) is 72.3 cm³/mol. The van der Waals surface area contributed by atoms with E-state index in [0.29, 0.717) is 0 Å². The molecule has 3 aromatic rings. The number of nitrogens with two attached hydrogens (primary N) is 1. The summed E-state index contributed by atoms with van der Waals surface area (Å²) >= 11 is 1.66. The molecule has 0 aliphatic heterocycles. The Bertz CT molecular complexity index is 723. The summed E-state index contributed by atoms with van der Waals surface area (Å²) in [6.45, 7) is 0. The lowest BCUT2D eigenvalue weighted by Gasteiger charge is -2.02. The summed E-state index contributed by atoms with van der Waals surface area (Å²) < 4.78 is 0. The Kier molecular flexibility index (Phi) is 1.93. The van der Waals surface area contributed by atoms with Gasteiger partial charge in [0.05, 0.1) is 28.6 Å². The van der Waals surface area contributed by atoms with Crippen molar-refractivity contribution in [3.05, 3.63) is 35.6 Å². The van der Waals surface area contributed by atoms with Crippen molar-refractivity contribution in [1.29, 1.82) is 0 Å². The summed E-state index contributed by atoms with van der Waals surface area (Å²) in [6.07, 6.45) is 3.81. The van der Waals surface area contributed by atoms with Gasteiger partial charge in [0.1, 0.15) is 5.01 Å². The zero-order valence-corrected chi connectivity index (χ0v) is 10.5. The number of nitrogens with zero attached hydrogens (tertiary/aromatic N) is 2. The highest BCUT2D eigenvalue weighted by atomic mass is 32.1. The van der Waals surface area contributed by atoms with E-state index in [1.54, 1.807) is 17.7 Å². The minimum absolute atomic E-state index is 0.146. The number of rotatable bonds is 2. The molecule has 0 unspecified atom stereocenters. The maximum atomic E-state index is 6.16. The van der Waals surface area contributed by atoms with Crippen molar-refractivity contribution in [3.63, 3.8) is 0 Å². The van der Waals surface area contributed by atoms with Crippen molar-refractivity contribution in [2.75, 3.05) is 0 Å². The molecule has 1 fully saturated rings. The predicted octanol–water partition coefficient (Wildman–Crippen LogP) is 2.63. The minimum Gasteiger partial charge on any atom is -0.345 e. The first kappa shape index (κ1) is 10.2. The molecule has 0 atom stereocenters. The van der Waals surface area contributed by atoms with Gasteiger partial charge < -0.3 is 10.7 Å². The summed E-state index contributed by atoms with van der Waals surface area (Å²) in [7, 11) is 0. The monoisotopic (exact) mass is 256 g/mol. The zero-order chi connectivity index (χ0) is 12.2. The summed E-state index contributed by atoms with van der Waals surface area (Å²) in [5.41, 5.74) is 10.2. The molecule has 0 radical (unpaired) electrons. The molecule has 2 aromatic heterocycles. The summed E-state index contributed by atoms with van der Waals surface area (Å²) in [4.78, 5) is 12.0. The number of aromatic amines is 1. The highest BCUT2D eigenvalue weighted by molar-refractivity contribution is 7.13. The molecule has 0 saturated heterocycles. The molecule has 4 nitrogen and oxygen atoms in total. The number of hydrogen-bond acceptors (Lipinski definition) is 4. The van der Waals surface area contributed by atoms with Crippen LogP contribution in [0.5, 0.6) is 0 Å². The van der Waals surface area contributed by atoms with Crippen LogP contribution in [0.1, 0.15) is 18.5 Å². The molecule has 0 bridgehead atoms. The van der Waals surface area contributed by atoms with Gasteiger partial charge in [0.25, 0.3) is 0 Å². The van der Waals surface area contributed by atoms with Crippen LogP contribution in [0.3, 0.4) is 0 Å². The lowest BCUT2D eigenvalue weighted by molar-refractivity contribution is 0.715. The molecule has 1 aromatic carbocycles. The van der Waals surface area contributed by atoms with Crippen LogP contribution in [-0.2, 0) is 5.54 Å². The van der Waals surface area contributed by atoms with Gasteiger partial charge in [0.15, 0.2) is 0 Å². The normalized spacial score (nSPS) is 17.2. The number of thiazole rings is 1. The molecule has 2 heterocycles. The van der Waals surface area contributed by atoms with Crippen LogP contribution in [0, 0.1) is 0 Å². The fourth-order valence-electron chi connectivity index (χ4n) is 2.09. The Labute approximate surface area is 108 Å². The first-order chi connectivity index (χ1) is 8.74. The Morgan fingerprint density at radius 2 is 2.22 bits per heavy atom. The van der Waals surface area contributed by atoms with E-state index in [2.05, 4.69) is 32.5 Å². The van der Waals surface area contributed by atoms with Crippen molar-refractivity contribution in [2.24, 2.45) is 5.73 Å². The lowest BCUT2D eigenvalue weighted by Crippen LogP contribution is -2.18. The van der Waals surface area contributed by atoms with Crippen molar-refractivity contribution in [2.45, 2.75) is 18.4 Å². The Balaban J connectivity index is 1.79. The van der Waals surface area contributed by atoms with Crippen LogP contribution in [0.2, 0.25) is 0 Å². The highest BCUT2D eigenvalue weighted by Gasteiger charge is 2.42. The van der Waals surface area contributed by atoms with E-state index < -0.39 is 0 Å². The van der Waals surface area contributed by atoms with E-state index in [1.165, 1.54) is 0 Å². The van der Waals surface area contributed by atoms with E-state index in [-0.39, 0.29) is 5.54 Å². The molecule has 1 saturated carbocycles. The fraction of sp³-hybridized carbons (Fsp3) is 0.231. The van der Waals surface area contributed by atoms with E-state index in [1.807, 2.05) is 6.07 Å². The molecule has 5 heteroatoms. The number of nitrogens with one attached hydrogen (secondary N) is 1. The van der Waals surface area contributed by atoms with Gasteiger partial charge in [-0.25, -0.2) is 9.97 Å². The van der Waals surface area contributed by atoms with Gasteiger partial charge in [-0.3, -0.25) is 0 Å². The van der Waals surface area contributed by atoms with Gasteiger partial charge in [-0.1, -0.05) is 0 Å². The summed E-state index contributed by atoms with van der Waals surface area (Å²) in [5, 5.41) is 3.11. The molecular weight excluding hydrogens is 244 g/mol. The van der Waals surface area contributed by atoms with Crippen LogP contribution < -0.4 is 5.73 Å². The van der Waals surface area contributed by atoms with Gasteiger partial charge in [-0.15, -0.1) is 11.3 Å². The number of hydrogen-bond donors (Lipinski definition) is 2. The molecule has 0 amide bonds. The summed E-state index contributed by atoms with van der Waals surface area (Å²) in [6, 6.07) is 6.15. The van der Waals surface area contributed by atoms with Crippen LogP contribution in [0.4, 0.5) is 0 Å². The third-order valence-electron chi connectivity index (χ3n) is 3.47. The van der Waals surface area contributed by atoms with Crippen molar-refractivity contribution < 1.29 is 0 Å². The molecule has 3 N–H and O–H groups in total. The molecule has 18 heavy (non-hydrogen) atoms. The molecular formula is C13H12N4S. The number of imidazole rings is 1. The second-order valence-electron chi connectivity index (χ2n) is 4.83. The van der Waals surface area contributed by atoms with Crippen molar-refractivity contribution in [3.8, 4) is 10.6 Å². The molecule has 0 spiro atoms. The average Bonchev–Trinajstić information content (AvgIpc) is 2.89. The van der Waals surface area contributed by atoms with Gasteiger partial charge in [-0.2, -0.15) is 0 Å². The van der Waals surface area contributed by atoms with Crippen LogP contribution in [0.15, 0.2) is 29.9 Å². The van der Waals surface area contributed by atoms with Crippen molar-refractivity contribution >= 4 is 22.4 Å². The first-order valence-corrected chi connectivity index (χ1v) is 6.81. The minimum atomic E-state index is -0.146. The van der Waals surface area contributed by atoms with Crippen LogP contribution in [-0.4, -0.2) is 15.0 Å². The van der Waals surface area contributed by atoms with Gasteiger partial charge >= 0.3 is 0 Å². The molecule has 4 rings (SSSR count). The summed E-state index contributed by atoms with van der Waals surface area (Å²) in [5.74, 6) is 0. The van der Waals surface area contributed by atoms with Crippen LogP contribution in [0.25, 0.3) is 21.6 Å². The zero-order valence-electron chi connectivity index (χ0n) is 9.68. The SMILES string of the molecule is NC1(c2csc(-c3ccc4nc[nH]c4c3)n2)CC1. The van der Waals surface area contributed by atoms with Gasteiger partial charge in [0, 0.05) is 10.9 Å². The third kappa shape index (κ3) is 1.48. The maximum absolute atomic E-state index is 6.16. The molecule has 90 valence electrons. The number of fused-ring (bicyclic) bond motifs is 1. The smallest absolute Gasteiger partial charge is 0.123 e. The van der Waals surface area contributed by atoms with Crippen LogP contribution >= 0.6 is 11.3 Å². The van der Waals surface area contributed by atoms with Gasteiger partial charge in [0.2, 0.25) is 0 Å². The van der Waals surface area contributed by atoms with E-state index in [0.717, 1.165) is 40.1 Å². The Morgan fingerprint density at radius 1 is 1.33 bits per heavy atom. The average molecular weight is 256 g/mol. The topological polar surface area (TPSA) is 67.6 Å². The Hall–Kier alpha value is -1.72. The fourth-order valence-corrected chi connectivity index (χ4v) is 3.02. The van der Waals surface area contributed by atoms with E-state index >= 15 is 0 Å².